The minimum absolute atomic E-state index is 0. The second-order valence-electron chi connectivity index (χ2n) is 7.83. The van der Waals surface area contributed by atoms with Crippen LogP contribution in [-0.2, 0) is 6.54 Å². The van der Waals surface area contributed by atoms with E-state index in [1.807, 2.05) is 0 Å². The van der Waals surface area contributed by atoms with Crippen LogP contribution in [0.3, 0.4) is 0 Å². The molecule has 150 valence electrons. The minimum atomic E-state index is 0. The van der Waals surface area contributed by atoms with Crippen LogP contribution in [0.1, 0.15) is 83.6 Å². The van der Waals surface area contributed by atoms with Crippen LogP contribution in [0.5, 0.6) is 0 Å². The molecule has 0 spiro atoms. The zero-order valence-corrected chi connectivity index (χ0v) is 17.9. The Hall–Kier alpha value is -0.570. The second kappa shape index (κ2) is 14.5. The SMILES string of the molecule is CCC[C@@H]1CCCCN1.CCC[C@@H]1CCCCN1Cc1ccccc1.Cl. The number of halogens is 1. The van der Waals surface area contributed by atoms with E-state index in [9.17, 15) is 0 Å². The average Bonchev–Trinajstić information content (AvgIpc) is 2.66. The molecule has 2 nitrogen and oxygen atoms in total. The van der Waals surface area contributed by atoms with Crippen LogP contribution in [0.15, 0.2) is 30.3 Å². The molecule has 1 aromatic carbocycles. The van der Waals surface area contributed by atoms with E-state index in [2.05, 4.69) is 54.4 Å². The largest absolute Gasteiger partial charge is 0.314 e. The lowest BCUT2D eigenvalue weighted by Crippen LogP contribution is -2.38. The fraction of sp³-hybridized carbons (Fsp3) is 0.739. The van der Waals surface area contributed by atoms with E-state index in [0.29, 0.717) is 0 Å². The smallest absolute Gasteiger partial charge is 0.0236 e. The van der Waals surface area contributed by atoms with Gasteiger partial charge in [0.25, 0.3) is 0 Å². The molecule has 2 aliphatic rings. The average molecular weight is 381 g/mol. The molecule has 3 heteroatoms. The highest BCUT2D eigenvalue weighted by Crippen LogP contribution is 2.22. The van der Waals surface area contributed by atoms with Gasteiger partial charge in [0, 0.05) is 18.6 Å². The molecular formula is C23H41ClN2. The Kier molecular flexibility index (Phi) is 13.1. The molecule has 0 amide bonds. The molecule has 2 atom stereocenters. The maximum absolute atomic E-state index is 3.52. The fourth-order valence-electron chi connectivity index (χ4n) is 4.27. The van der Waals surface area contributed by atoms with Crippen molar-refractivity contribution >= 4 is 12.4 Å². The number of benzene rings is 1. The summed E-state index contributed by atoms with van der Waals surface area (Å²) >= 11 is 0. The first-order valence-corrected chi connectivity index (χ1v) is 10.8. The first-order valence-electron chi connectivity index (χ1n) is 10.8. The molecule has 0 aliphatic carbocycles. The van der Waals surface area contributed by atoms with Crippen molar-refractivity contribution in [1.29, 1.82) is 0 Å². The van der Waals surface area contributed by atoms with Crippen molar-refractivity contribution in [3.8, 4) is 0 Å². The minimum Gasteiger partial charge on any atom is -0.314 e. The molecule has 2 heterocycles. The quantitative estimate of drug-likeness (QED) is 0.632. The summed E-state index contributed by atoms with van der Waals surface area (Å²) in [5.41, 5.74) is 1.46. The molecule has 0 radical (unpaired) electrons. The van der Waals surface area contributed by atoms with E-state index < -0.39 is 0 Å². The van der Waals surface area contributed by atoms with E-state index in [1.54, 1.807) is 0 Å². The topological polar surface area (TPSA) is 15.3 Å². The van der Waals surface area contributed by atoms with E-state index >= 15 is 0 Å². The van der Waals surface area contributed by atoms with Gasteiger partial charge in [-0.1, -0.05) is 69.9 Å². The van der Waals surface area contributed by atoms with Gasteiger partial charge in [0.05, 0.1) is 0 Å². The van der Waals surface area contributed by atoms with Crippen molar-refractivity contribution in [3.05, 3.63) is 35.9 Å². The van der Waals surface area contributed by atoms with Gasteiger partial charge in [-0.15, -0.1) is 12.4 Å². The number of nitrogens with zero attached hydrogens (tertiary/aromatic N) is 1. The van der Waals surface area contributed by atoms with Crippen molar-refractivity contribution in [1.82, 2.24) is 10.2 Å². The molecule has 0 unspecified atom stereocenters. The summed E-state index contributed by atoms with van der Waals surface area (Å²) in [4.78, 5) is 2.68. The molecule has 2 fully saturated rings. The van der Waals surface area contributed by atoms with Gasteiger partial charge in [-0.05, 0) is 57.2 Å². The van der Waals surface area contributed by atoms with Crippen LogP contribution >= 0.6 is 12.4 Å². The number of nitrogens with one attached hydrogen (secondary N) is 1. The normalized spacial score (nSPS) is 23.5. The first kappa shape index (κ1) is 23.5. The van der Waals surface area contributed by atoms with Crippen LogP contribution in [-0.4, -0.2) is 30.1 Å². The van der Waals surface area contributed by atoms with Gasteiger partial charge in [-0.25, -0.2) is 0 Å². The molecule has 0 aromatic heterocycles. The van der Waals surface area contributed by atoms with E-state index in [4.69, 9.17) is 0 Å². The van der Waals surface area contributed by atoms with Gasteiger partial charge in [0.1, 0.15) is 0 Å². The Labute approximate surface area is 168 Å². The van der Waals surface area contributed by atoms with E-state index in [0.717, 1.165) is 18.6 Å². The molecule has 0 bridgehead atoms. The second-order valence-corrected chi connectivity index (χ2v) is 7.83. The van der Waals surface area contributed by atoms with Crippen LogP contribution in [0.4, 0.5) is 0 Å². The zero-order valence-electron chi connectivity index (χ0n) is 17.1. The fourth-order valence-corrected chi connectivity index (χ4v) is 4.27. The highest BCUT2D eigenvalue weighted by atomic mass is 35.5. The lowest BCUT2D eigenvalue weighted by atomic mass is 9.97. The summed E-state index contributed by atoms with van der Waals surface area (Å²) in [6, 6.07) is 12.6. The van der Waals surface area contributed by atoms with E-state index in [1.165, 1.54) is 82.9 Å². The lowest BCUT2D eigenvalue weighted by molar-refractivity contribution is 0.131. The predicted molar refractivity (Wildman–Crippen MR) is 117 cm³/mol. The third-order valence-electron chi connectivity index (χ3n) is 5.65. The van der Waals surface area contributed by atoms with Crippen LogP contribution in [0, 0.1) is 0 Å². The molecule has 3 rings (SSSR count). The van der Waals surface area contributed by atoms with Crippen molar-refractivity contribution in [2.75, 3.05) is 13.1 Å². The highest BCUT2D eigenvalue weighted by molar-refractivity contribution is 5.85. The molecule has 1 aromatic rings. The third kappa shape index (κ3) is 8.88. The van der Waals surface area contributed by atoms with Crippen LogP contribution in [0.2, 0.25) is 0 Å². The number of likely N-dealkylation sites (tertiary alicyclic amines) is 1. The van der Waals surface area contributed by atoms with Crippen molar-refractivity contribution in [2.45, 2.75) is 96.7 Å². The molecule has 0 saturated carbocycles. The summed E-state index contributed by atoms with van der Waals surface area (Å²) in [7, 11) is 0. The third-order valence-corrected chi connectivity index (χ3v) is 5.65. The Morgan fingerprint density at radius 3 is 2.31 bits per heavy atom. The monoisotopic (exact) mass is 380 g/mol. The van der Waals surface area contributed by atoms with Crippen LogP contribution < -0.4 is 5.32 Å². The number of hydrogen-bond donors (Lipinski definition) is 1. The maximum Gasteiger partial charge on any atom is 0.0236 e. The Morgan fingerprint density at radius 2 is 1.65 bits per heavy atom. The molecule has 1 N–H and O–H groups in total. The molecular weight excluding hydrogens is 340 g/mol. The summed E-state index contributed by atoms with van der Waals surface area (Å²) in [5.74, 6) is 0. The maximum atomic E-state index is 3.52. The van der Waals surface area contributed by atoms with Gasteiger partial charge < -0.3 is 5.32 Å². The number of rotatable bonds is 6. The zero-order chi connectivity index (χ0) is 17.7. The van der Waals surface area contributed by atoms with Crippen molar-refractivity contribution < 1.29 is 0 Å². The van der Waals surface area contributed by atoms with Gasteiger partial charge in [-0.3, -0.25) is 4.90 Å². The summed E-state index contributed by atoms with van der Waals surface area (Å²) in [6.45, 7) is 8.25. The molecule has 2 aliphatic heterocycles. The van der Waals surface area contributed by atoms with E-state index in [-0.39, 0.29) is 12.4 Å². The van der Waals surface area contributed by atoms with Crippen molar-refractivity contribution in [2.24, 2.45) is 0 Å². The van der Waals surface area contributed by atoms with Gasteiger partial charge in [0.15, 0.2) is 0 Å². The molecule has 2 saturated heterocycles. The van der Waals surface area contributed by atoms with Gasteiger partial charge >= 0.3 is 0 Å². The Balaban J connectivity index is 0.000000290. The predicted octanol–water partition coefficient (Wildman–Crippen LogP) is 6.19. The van der Waals surface area contributed by atoms with Gasteiger partial charge in [0.2, 0.25) is 0 Å². The Bertz CT molecular complexity index is 426. The summed E-state index contributed by atoms with van der Waals surface area (Å²) in [5, 5.41) is 3.52. The number of hydrogen-bond acceptors (Lipinski definition) is 2. The molecule has 26 heavy (non-hydrogen) atoms. The van der Waals surface area contributed by atoms with Crippen molar-refractivity contribution in [3.63, 3.8) is 0 Å². The first-order chi connectivity index (χ1) is 12.3. The summed E-state index contributed by atoms with van der Waals surface area (Å²) < 4.78 is 0. The summed E-state index contributed by atoms with van der Waals surface area (Å²) in [6.07, 6.45) is 13.8. The Morgan fingerprint density at radius 1 is 0.923 bits per heavy atom. The number of piperidine rings is 2. The lowest BCUT2D eigenvalue weighted by Gasteiger charge is -2.35. The standard InChI is InChI=1S/C15H23N.C8H17N.ClH/c1-2-8-15-11-6-7-12-16(15)13-14-9-4-3-5-10-14;1-2-5-8-6-3-4-7-9-8;/h3-5,9-10,15H,2,6-8,11-13H2,1H3;8-9H,2-7H2,1H3;1H/t15-;8-;/m11./s1. The van der Waals surface area contributed by atoms with Crippen LogP contribution in [0.25, 0.3) is 0 Å². The van der Waals surface area contributed by atoms with Gasteiger partial charge in [-0.2, -0.15) is 0 Å². The highest BCUT2D eigenvalue weighted by Gasteiger charge is 2.21.